The molecule has 0 rings (SSSR count). The molecule has 0 aliphatic carbocycles. The smallest absolute Gasteiger partial charge is 0.472 e. The Balaban J connectivity index is 3.79. The van der Waals surface area contributed by atoms with Gasteiger partial charge in [0.25, 0.3) is 0 Å². The van der Waals surface area contributed by atoms with Crippen molar-refractivity contribution in [1.29, 1.82) is 0 Å². The number of allylic oxidation sites excluding steroid dienone is 6. The average molecular weight is 954 g/mol. The van der Waals surface area contributed by atoms with Gasteiger partial charge in [-0.1, -0.05) is 211 Å². The molecular weight excluding hydrogens is 854 g/mol. The number of aliphatic hydroxyl groups excluding tert-OH is 1. The Bertz CT molecular complexity index is 1260. The fourth-order valence-electron chi connectivity index (χ4n) is 7.70. The molecule has 4 N–H and O–H groups in total. The molecule has 0 bridgehead atoms. The van der Waals surface area contributed by atoms with Gasteiger partial charge in [-0.3, -0.25) is 18.6 Å². The van der Waals surface area contributed by atoms with Crippen LogP contribution >= 0.6 is 7.82 Å². The lowest BCUT2D eigenvalue weighted by molar-refractivity contribution is -0.147. The first-order chi connectivity index (χ1) is 32.1. The summed E-state index contributed by atoms with van der Waals surface area (Å²) in [5, 5.41) is 22.0. The van der Waals surface area contributed by atoms with E-state index in [1.807, 2.05) is 0 Å². The summed E-state index contributed by atoms with van der Waals surface area (Å²) in [6.45, 7) is 2.61. The standard InChI is InChI=1S/C54H100NO10P/c1-3-5-7-9-11-13-15-17-19-21-23-24-25-26-28-29-31-33-35-37-39-41-43-45-52(57)55-51(54(59)60)49-65-66(61,62)64-48-50(56)47-63-53(58)46-44-42-40-38-36-34-32-30-27-22-20-18-16-14-12-10-8-6-4-2/h12,14,17-20,50-51,56H,3-11,13,15-16,21-49H2,1-2H3,(H,55,57)(H,59,60)(H,61,62)/b14-12-,19-17+,20-18-. The van der Waals surface area contributed by atoms with E-state index in [1.54, 1.807) is 0 Å². The molecule has 0 spiro atoms. The zero-order valence-electron chi connectivity index (χ0n) is 42.3. The summed E-state index contributed by atoms with van der Waals surface area (Å²) in [5.41, 5.74) is 0. The third-order valence-electron chi connectivity index (χ3n) is 11.9. The molecule has 0 aromatic heterocycles. The van der Waals surface area contributed by atoms with Crippen molar-refractivity contribution < 1.29 is 47.8 Å². The van der Waals surface area contributed by atoms with Crippen molar-refractivity contribution in [2.24, 2.45) is 0 Å². The maximum Gasteiger partial charge on any atom is 0.472 e. The van der Waals surface area contributed by atoms with Crippen molar-refractivity contribution in [3.05, 3.63) is 36.5 Å². The second kappa shape index (κ2) is 49.1. The highest BCUT2D eigenvalue weighted by molar-refractivity contribution is 7.47. The first kappa shape index (κ1) is 63.7. The fourth-order valence-corrected chi connectivity index (χ4v) is 8.47. The quantitative estimate of drug-likeness (QED) is 0.0199. The van der Waals surface area contributed by atoms with Crippen LogP contribution in [0.5, 0.6) is 0 Å². The largest absolute Gasteiger partial charge is 0.480 e. The van der Waals surface area contributed by atoms with Crippen molar-refractivity contribution in [2.45, 2.75) is 270 Å². The first-order valence-electron chi connectivity index (χ1n) is 27.0. The number of hydrogen-bond donors (Lipinski definition) is 4. The van der Waals surface area contributed by atoms with Gasteiger partial charge < -0.3 is 25.2 Å². The number of esters is 1. The van der Waals surface area contributed by atoms with Crippen LogP contribution in [0.25, 0.3) is 0 Å². The number of unbranched alkanes of at least 4 members (excludes halogenated alkanes) is 31. The normalized spacial score (nSPS) is 13.8. The van der Waals surface area contributed by atoms with E-state index in [9.17, 15) is 34.1 Å². The third kappa shape index (κ3) is 48.2. The van der Waals surface area contributed by atoms with Crippen molar-refractivity contribution in [3.63, 3.8) is 0 Å². The van der Waals surface area contributed by atoms with Crippen molar-refractivity contribution in [3.8, 4) is 0 Å². The number of ether oxygens (including phenoxy) is 1. The van der Waals surface area contributed by atoms with Crippen LogP contribution in [0, 0.1) is 0 Å². The van der Waals surface area contributed by atoms with Gasteiger partial charge in [-0.2, -0.15) is 0 Å². The minimum atomic E-state index is -4.76. The molecule has 11 nitrogen and oxygen atoms in total. The Labute approximate surface area is 403 Å². The summed E-state index contributed by atoms with van der Waals surface area (Å²) in [6.07, 6.45) is 55.9. The summed E-state index contributed by atoms with van der Waals surface area (Å²) >= 11 is 0. The van der Waals surface area contributed by atoms with E-state index >= 15 is 0 Å². The van der Waals surface area contributed by atoms with Crippen molar-refractivity contribution in [2.75, 3.05) is 19.8 Å². The van der Waals surface area contributed by atoms with E-state index in [-0.39, 0.29) is 12.8 Å². The Hall–Kier alpha value is -2.30. The third-order valence-corrected chi connectivity index (χ3v) is 12.9. The minimum absolute atomic E-state index is 0.147. The van der Waals surface area contributed by atoms with Gasteiger partial charge in [0.2, 0.25) is 5.91 Å². The lowest BCUT2D eigenvalue weighted by atomic mass is 10.0. The lowest BCUT2D eigenvalue weighted by Crippen LogP contribution is -2.43. The van der Waals surface area contributed by atoms with Crippen LogP contribution in [-0.2, 0) is 32.7 Å². The van der Waals surface area contributed by atoms with Gasteiger partial charge in [0.05, 0.1) is 13.2 Å². The molecule has 0 saturated heterocycles. The molecule has 0 saturated carbocycles. The summed E-state index contributed by atoms with van der Waals surface area (Å²) in [6, 6.07) is -1.55. The van der Waals surface area contributed by atoms with Gasteiger partial charge in [0.15, 0.2) is 6.04 Å². The predicted molar refractivity (Wildman–Crippen MR) is 272 cm³/mol. The maximum absolute atomic E-state index is 12.4. The molecule has 0 aromatic carbocycles. The van der Waals surface area contributed by atoms with Crippen LogP contribution in [0.1, 0.15) is 258 Å². The SMILES string of the molecule is CCCCC/C=C\C/C=C\CCCCCCCCCCCC(=O)OCC(O)COP(=O)(O)OCC(NC(=O)CCCCCCCCCCCCCCC/C=C/CCCCCCCC)C(=O)O. The fraction of sp³-hybridized carbons (Fsp3) is 0.833. The van der Waals surface area contributed by atoms with Gasteiger partial charge in [0, 0.05) is 12.8 Å². The number of phosphoric acid groups is 1. The van der Waals surface area contributed by atoms with E-state index in [2.05, 4.69) is 55.6 Å². The molecule has 1 amide bonds. The molecular formula is C54H100NO10P. The average Bonchev–Trinajstić information content (AvgIpc) is 3.29. The molecule has 3 atom stereocenters. The van der Waals surface area contributed by atoms with E-state index < -0.39 is 57.6 Å². The second-order valence-electron chi connectivity index (χ2n) is 18.4. The number of carbonyl (C=O) groups is 3. The van der Waals surface area contributed by atoms with E-state index in [1.165, 1.54) is 167 Å². The summed E-state index contributed by atoms with van der Waals surface area (Å²) in [5.74, 6) is -2.36. The summed E-state index contributed by atoms with van der Waals surface area (Å²) in [7, 11) is -4.76. The van der Waals surface area contributed by atoms with Crippen LogP contribution in [-0.4, -0.2) is 64.9 Å². The lowest BCUT2D eigenvalue weighted by Gasteiger charge is -2.18. The molecule has 0 aliphatic rings. The van der Waals surface area contributed by atoms with Gasteiger partial charge in [0.1, 0.15) is 12.7 Å². The Morgan fingerprint density at radius 3 is 1.27 bits per heavy atom. The van der Waals surface area contributed by atoms with Crippen molar-refractivity contribution in [1.82, 2.24) is 5.32 Å². The highest BCUT2D eigenvalue weighted by Gasteiger charge is 2.28. The van der Waals surface area contributed by atoms with Gasteiger partial charge in [-0.15, -0.1) is 0 Å². The predicted octanol–water partition coefficient (Wildman–Crippen LogP) is 15.1. The van der Waals surface area contributed by atoms with E-state index in [0.717, 1.165) is 51.4 Å². The molecule has 0 aliphatic heterocycles. The topological polar surface area (TPSA) is 169 Å². The van der Waals surface area contributed by atoms with Gasteiger partial charge in [-0.25, -0.2) is 9.36 Å². The van der Waals surface area contributed by atoms with Crippen LogP contribution in [0.3, 0.4) is 0 Å². The van der Waals surface area contributed by atoms with Crippen LogP contribution in [0.4, 0.5) is 0 Å². The zero-order chi connectivity index (χ0) is 48.4. The number of carboxylic acid groups (broad SMARTS) is 1. The highest BCUT2D eigenvalue weighted by atomic mass is 31.2. The molecule has 12 heteroatoms. The molecule has 0 aromatic rings. The first-order valence-corrected chi connectivity index (χ1v) is 28.5. The molecule has 386 valence electrons. The Morgan fingerprint density at radius 2 is 0.833 bits per heavy atom. The van der Waals surface area contributed by atoms with Crippen LogP contribution < -0.4 is 5.32 Å². The number of nitrogens with one attached hydrogen (secondary N) is 1. The van der Waals surface area contributed by atoms with Crippen molar-refractivity contribution >= 4 is 25.7 Å². The molecule has 66 heavy (non-hydrogen) atoms. The number of hydrogen-bond acceptors (Lipinski definition) is 8. The highest BCUT2D eigenvalue weighted by Crippen LogP contribution is 2.43. The minimum Gasteiger partial charge on any atom is -0.480 e. The van der Waals surface area contributed by atoms with Crippen LogP contribution in [0.2, 0.25) is 0 Å². The number of rotatable bonds is 51. The van der Waals surface area contributed by atoms with E-state index in [0.29, 0.717) is 12.8 Å². The number of carboxylic acids is 1. The molecule has 3 unspecified atom stereocenters. The molecule has 0 radical (unpaired) electrons. The zero-order valence-corrected chi connectivity index (χ0v) is 43.2. The number of aliphatic carboxylic acids is 1. The Kier molecular flexibility index (Phi) is 47.4. The molecule has 0 fully saturated rings. The Morgan fingerprint density at radius 1 is 0.485 bits per heavy atom. The monoisotopic (exact) mass is 954 g/mol. The number of phosphoric ester groups is 1. The van der Waals surface area contributed by atoms with E-state index in [4.69, 9.17) is 13.8 Å². The number of aliphatic hydroxyl groups is 1. The summed E-state index contributed by atoms with van der Waals surface area (Å²) in [4.78, 5) is 46.2. The maximum atomic E-state index is 12.4. The molecule has 0 heterocycles. The number of amides is 1. The van der Waals surface area contributed by atoms with Gasteiger partial charge >= 0.3 is 19.8 Å². The number of carbonyl (C=O) groups excluding carboxylic acids is 2. The van der Waals surface area contributed by atoms with Gasteiger partial charge in [-0.05, 0) is 70.6 Å². The summed E-state index contributed by atoms with van der Waals surface area (Å²) < 4.78 is 27.0. The second-order valence-corrected chi connectivity index (χ2v) is 19.9. The van der Waals surface area contributed by atoms with Crippen LogP contribution in [0.15, 0.2) is 36.5 Å².